The molecule has 0 aliphatic carbocycles. The first-order valence-corrected chi connectivity index (χ1v) is 7.73. The van der Waals surface area contributed by atoms with Crippen LogP contribution in [0.3, 0.4) is 0 Å². The van der Waals surface area contributed by atoms with Crippen LogP contribution < -0.4 is 5.32 Å². The Hall–Kier alpha value is -2.20. The number of aliphatic hydroxyl groups excluding tert-OH is 1. The van der Waals surface area contributed by atoms with E-state index in [4.69, 9.17) is 0 Å². The van der Waals surface area contributed by atoms with Crippen molar-refractivity contribution in [3.8, 4) is 0 Å². The largest absolute Gasteiger partial charge is 0.388 e. The van der Waals surface area contributed by atoms with Gasteiger partial charge in [-0.2, -0.15) is 0 Å². The topological polar surface area (TPSA) is 49.3 Å². The maximum absolute atomic E-state index is 12.9. The van der Waals surface area contributed by atoms with Crippen LogP contribution in [0.1, 0.15) is 36.1 Å². The molecule has 2 rings (SSSR count). The summed E-state index contributed by atoms with van der Waals surface area (Å²) in [5.41, 5.74) is 2.73. The van der Waals surface area contributed by atoms with Crippen LogP contribution in [-0.4, -0.2) is 17.1 Å². The highest BCUT2D eigenvalue weighted by Crippen LogP contribution is 2.18. The van der Waals surface area contributed by atoms with Crippen molar-refractivity contribution in [2.24, 2.45) is 0 Å². The van der Waals surface area contributed by atoms with Gasteiger partial charge in [-0.3, -0.25) is 4.79 Å². The zero-order chi connectivity index (χ0) is 16.8. The normalized spacial score (nSPS) is 13.4. The van der Waals surface area contributed by atoms with Crippen LogP contribution >= 0.6 is 0 Å². The highest BCUT2D eigenvalue weighted by Gasteiger charge is 2.15. The minimum Gasteiger partial charge on any atom is -0.388 e. The molecule has 0 radical (unpaired) electrons. The van der Waals surface area contributed by atoms with Crippen molar-refractivity contribution in [1.82, 2.24) is 5.32 Å². The van der Waals surface area contributed by atoms with E-state index in [9.17, 15) is 14.3 Å². The van der Waals surface area contributed by atoms with Crippen LogP contribution in [0.2, 0.25) is 0 Å². The Morgan fingerprint density at radius 3 is 2.48 bits per heavy atom. The van der Waals surface area contributed by atoms with Crippen LogP contribution in [0, 0.1) is 12.7 Å². The third-order valence-corrected chi connectivity index (χ3v) is 3.85. The smallest absolute Gasteiger partial charge is 0.224 e. The second kappa shape index (κ2) is 7.88. The predicted octanol–water partition coefficient (Wildman–Crippen LogP) is 3.31. The van der Waals surface area contributed by atoms with E-state index in [0.29, 0.717) is 18.4 Å². The number of carbonyl (C=O) groups is 1. The summed E-state index contributed by atoms with van der Waals surface area (Å²) in [5, 5.41) is 13.0. The summed E-state index contributed by atoms with van der Waals surface area (Å²) in [7, 11) is 0. The lowest BCUT2D eigenvalue weighted by atomic mass is 10.0. The molecule has 122 valence electrons. The molecule has 1 amide bonds. The molecule has 4 heteroatoms. The Balaban J connectivity index is 1.86. The molecule has 2 unspecified atom stereocenters. The number of aliphatic hydroxyl groups is 1. The molecule has 0 spiro atoms. The molecule has 0 heterocycles. The number of nitrogens with one attached hydrogen (secondary N) is 1. The summed E-state index contributed by atoms with van der Waals surface area (Å²) in [5.74, 6) is -0.404. The first-order chi connectivity index (χ1) is 11.0. The molecule has 2 aromatic carbocycles. The van der Waals surface area contributed by atoms with Gasteiger partial charge in [-0.05, 0) is 49.1 Å². The van der Waals surface area contributed by atoms with Gasteiger partial charge in [0, 0.05) is 6.04 Å². The zero-order valence-electron chi connectivity index (χ0n) is 13.4. The van der Waals surface area contributed by atoms with Crippen molar-refractivity contribution in [2.45, 2.75) is 38.8 Å². The Morgan fingerprint density at radius 1 is 1.17 bits per heavy atom. The number of aryl methyl sites for hydroxylation is 1. The highest BCUT2D eigenvalue weighted by atomic mass is 19.1. The van der Waals surface area contributed by atoms with Gasteiger partial charge in [-0.15, -0.1) is 0 Å². The van der Waals surface area contributed by atoms with Gasteiger partial charge in [0.1, 0.15) is 5.82 Å². The molecular formula is C19H22FNO2. The fourth-order valence-corrected chi connectivity index (χ4v) is 2.52. The fourth-order valence-electron chi connectivity index (χ4n) is 2.52. The number of rotatable bonds is 6. The standard InChI is InChI=1S/C19H22FNO2/c1-13-5-3-4-6-16(13)12-19(23)21-14(2)11-18(22)15-7-9-17(20)10-8-15/h3-10,14,18,22H,11-12H2,1-2H3,(H,21,23). The monoisotopic (exact) mass is 315 g/mol. The molecule has 2 aromatic rings. The summed E-state index contributed by atoms with van der Waals surface area (Å²) >= 11 is 0. The number of hydrogen-bond donors (Lipinski definition) is 2. The van der Waals surface area contributed by atoms with Crippen molar-refractivity contribution in [1.29, 1.82) is 0 Å². The van der Waals surface area contributed by atoms with Crippen molar-refractivity contribution in [2.75, 3.05) is 0 Å². The molecule has 3 nitrogen and oxygen atoms in total. The van der Waals surface area contributed by atoms with E-state index in [1.807, 2.05) is 38.1 Å². The zero-order valence-corrected chi connectivity index (χ0v) is 13.4. The first-order valence-electron chi connectivity index (χ1n) is 7.73. The average molecular weight is 315 g/mol. The molecule has 0 aliphatic heterocycles. The van der Waals surface area contributed by atoms with Crippen LogP contribution in [0.15, 0.2) is 48.5 Å². The third kappa shape index (κ3) is 5.18. The van der Waals surface area contributed by atoms with Gasteiger partial charge in [-0.1, -0.05) is 36.4 Å². The molecule has 2 atom stereocenters. The number of halogens is 1. The van der Waals surface area contributed by atoms with Crippen molar-refractivity contribution < 1.29 is 14.3 Å². The number of benzene rings is 2. The minimum atomic E-state index is -0.732. The van der Waals surface area contributed by atoms with Gasteiger partial charge < -0.3 is 10.4 Å². The van der Waals surface area contributed by atoms with E-state index in [1.54, 1.807) is 12.1 Å². The second-order valence-corrected chi connectivity index (χ2v) is 5.87. The van der Waals surface area contributed by atoms with Crippen molar-refractivity contribution in [3.63, 3.8) is 0 Å². The molecular weight excluding hydrogens is 293 g/mol. The van der Waals surface area contributed by atoms with Gasteiger partial charge in [0.25, 0.3) is 0 Å². The fraction of sp³-hybridized carbons (Fsp3) is 0.316. The number of hydrogen-bond acceptors (Lipinski definition) is 2. The van der Waals surface area contributed by atoms with E-state index in [2.05, 4.69) is 5.32 Å². The van der Waals surface area contributed by atoms with E-state index in [-0.39, 0.29) is 17.8 Å². The lowest BCUT2D eigenvalue weighted by Gasteiger charge is -2.18. The molecule has 0 aliphatic rings. The van der Waals surface area contributed by atoms with E-state index < -0.39 is 6.10 Å². The average Bonchev–Trinajstić information content (AvgIpc) is 2.50. The van der Waals surface area contributed by atoms with E-state index in [1.165, 1.54) is 12.1 Å². The van der Waals surface area contributed by atoms with Crippen LogP contribution in [0.5, 0.6) is 0 Å². The van der Waals surface area contributed by atoms with Gasteiger partial charge in [0.15, 0.2) is 0 Å². The molecule has 0 fully saturated rings. The quantitative estimate of drug-likeness (QED) is 0.859. The van der Waals surface area contributed by atoms with Crippen LogP contribution in [0.4, 0.5) is 4.39 Å². The molecule has 2 N–H and O–H groups in total. The summed E-state index contributed by atoms with van der Waals surface area (Å²) < 4.78 is 12.9. The summed E-state index contributed by atoms with van der Waals surface area (Å²) in [6.45, 7) is 3.83. The Morgan fingerprint density at radius 2 is 1.83 bits per heavy atom. The first kappa shape index (κ1) is 17.2. The highest BCUT2D eigenvalue weighted by molar-refractivity contribution is 5.79. The Labute approximate surface area is 136 Å². The van der Waals surface area contributed by atoms with E-state index in [0.717, 1.165) is 11.1 Å². The lowest BCUT2D eigenvalue weighted by molar-refractivity contribution is -0.121. The molecule has 0 bridgehead atoms. The SMILES string of the molecule is Cc1ccccc1CC(=O)NC(C)CC(O)c1ccc(F)cc1. The van der Waals surface area contributed by atoms with Gasteiger partial charge in [0.05, 0.1) is 12.5 Å². The number of carbonyl (C=O) groups excluding carboxylic acids is 1. The maximum atomic E-state index is 12.9. The third-order valence-electron chi connectivity index (χ3n) is 3.85. The summed E-state index contributed by atoms with van der Waals surface area (Å²) in [6, 6.07) is 13.4. The van der Waals surface area contributed by atoms with Crippen LogP contribution in [0.25, 0.3) is 0 Å². The van der Waals surface area contributed by atoms with Crippen molar-refractivity contribution >= 4 is 5.91 Å². The maximum Gasteiger partial charge on any atom is 0.224 e. The minimum absolute atomic E-state index is 0.0712. The van der Waals surface area contributed by atoms with Crippen molar-refractivity contribution in [3.05, 3.63) is 71.0 Å². The summed E-state index contributed by atoms with van der Waals surface area (Å²) in [4.78, 5) is 12.1. The van der Waals surface area contributed by atoms with Crippen LogP contribution in [-0.2, 0) is 11.2 Å². The molecule has 0 saturated carbocycles. The molecule has 0 saturated heterocycles. The second-order valence-electron chi connectivity index (χ2n) is 5.87. The van der Waals surface area contributed by atoms with Gasteiger partial charge in [0.2, 0.25) is 5.91 Å². The Kier molecular flexibility index (Phi) is 5.88. The lowest BCUT2D eigenvalue weighted by Crippen LogP contribution is -2.34. The number of amides is 1. The molecule has 23 heavy (non-hydrogen) atoms. The van der Waals surface area contributed by atoms with Gasteiger partial charge in [-0.25, -0.2) is 4.39 Å². The molecule has 0 aromatic heterocycles. The summed E-state index contributed by atoms with van der Waals surface area (Å²) in [6.07, 6.45) is -0.0289. The van der Waals surface area contributed by atoms with Gasteiger partial charge >= 0.3 is 0 Å². The van der Waals surface area contributed by atoms with E-state index >= 15 is 0 Å². The Bertz CT molecular complexity index is 655. The predicted molar refractivity (Wildman–Crippen MR) is 88.5 cm³/mol.